The Hall–Kier alpha value is -1.59. The first-order valence-corrected chi connectivity index (χ1v) is 7.51. The minimum absolute atomic E-state index is 0.105. The van der Waals surface area contributed by atoms with Crippen LogP contribution in [0.5, 0.6) is 5.75 Å². The van der Waals surface area contributed by atoms with E-state index in [2.05, 4.69) is 5.32 Å². The highest BCUT2D eigenvalue weighted by atomic mass is 16.5. The van der Waals surface area contributed by atoms with Gasteiger partial charge in [-0.2, -0.15) is 0 Å². The highest BCUT2D eigenvalue weighted by Crippen LogP contribution is 2.29. The third kappa shape index (κ3) is 2.89. The molecule has 21 heavy (non-hydrogen) atoms. The van der Waals surface area contributed by atoms with Crippen molar-refractivity contribution in [1.82, 2.24) is 10.2 Å². The Bertz CT molecular complexity index is 514. The third-order valence-electron chi connectivity index (χ3n) is 4.21. The van der Waals surface area contributed by atoms with Gasteiger partial charge in [-0.15, -0.1) is 0 Å². The summed E-state index contributed by atoms with van der Waals surface area (Å²) in [6.07, 6.45) is 2.17. The summed E-state index contributed by atoms with van der Waals surface area (Å²) in [7, 11) is 1.65. The molecule has 114 valence electrons. The number of hydrogen-bond donors (Lipinski definition) is 1. The van der Waals surface area contributed by atoms with E-state index in [1.165, 1.54) is 0 Å². The number of ether oxygens (including phenoxy) is 2. The van der Waals surface area contributed by atoms with Crippen LogP contribution < -0.4 is 10.1 Å². The summed E-state index contributed by atoms with van der Waals surface area (Å²) in [4.78, 5) is 14.3. The minimum Gasteiger partial charge on any atom is -0.497 e. The number of hydrogen-bond acceptors (Lipinski definition) is 4. The predicted octanol–water partition coefficient (Wildman–Crippen LogP) is 1.69. The van der Waals surface area contributed by atoms with Gasteiger partial charge in [-0.25, -0.2) is 0 Å². The van der Waals surface area contributed by atoms with Gasteiger partial charge in [0.25, 0.3) is 0 Å². The number of rotatable bonds is 4. The maximum atomic E-state index is 12.4. The maximum absolute atomic E-state index is 12.4. The highest BCUT2D eigenvalue weighted by Gasteiger charge is 2.38. The van der Waals surface area contributed by atoms with Gasteiger partial charge in [0.2, 0.25) is 5.91 Å². The number of nitrogens with one attached hydrogen (secondary N) is 1. The van der Waals surface area contributed by atoms with E-state index in [9.17, 15) is 4.79 Å². The van der Waals surface area contributed by atoms with Crippen LogP contribution >= 0.6 is 0 Å². The number of nitrogens with zero attached hydrogens (tertiary/aromatic N) is 1. The number of methoxy groups -OCH3 is 1. The second kappa shape index (κ2) is 6.03. The first-order valence-electron chi connectivity index (χ1n) is 7.51. The lowest BCUT2D eigenvalue weighted by Crippen LogP contribution is -2.37. The summed E-state index contributed by atoms with van der Waals surface area (Å²) >= 11 is 0. The van der Waals surface area contributed by atoms with Gasteiger partial charge < -0.3 is 14.4 Å². The standard InChI is InChI=1S/C16H22N2O3/c1-11-16(19)18(10-14-7-4-8-21-14)15(17-11)12-5-3-6-13(9-12)20-2/h3,5-6,9,11,14-15,17H,4,7-8,10H2,1-2H3. The Balaban J connectivity index is 1.81. The zero-order valence-corrected chi connectivity index (χ0v) is 12.5. The van der Waals surface area contributed by atoms with Crippen LogP contribution in [-0.4, -0.2) is 43.2 Å². The van der Waals surface area contributed by atoms with Crippen molar-refractivity contribution in [1.29, 1.82) is 0 Å². The molecule has 1 aromatic rings. The largest absolute Gasteiger partial charge is 0.497 e. The van der Waals surface area contributed by atoms with Crippen molar-refractivity contribution in [2.45, 2.75) is 38.1 Å². The molecule has 2 fully saturated rings. The Kier molecular flexibility index (Phi) is 4.12. The molecule has 0 spiro atoms. The van der Waals surface area contributed by atoms with Crippen LogP contribution in [0.4, 0.5) is 0 Å². The van der Waals surface area contributed by atoms with E-state index in [0.717, 1.165) is 30.8 Å². The molecular weight excluding hydrogens is 268 g/mol. The second-order valence-corrected chi connectivity index (χ2v) is 5.69. The minimum atomic E-state index is -0.164. The molecule has 1 aromatic carbocycles. The van der Waals surface area contributed by atoms with Crippen LogP contribution in [-0.2, 0) is 9.53 Å². The Labute approximate surface area is 125 Å². The Morgan fingerprint density at radius 2 is 2.33 bits per heavy atom. The van der Waals surface area contributed by atoms with E-state index in [1.54, 1.807) is 7.11 Å². The lowest BCUT2D eigenvalue weighted by atomic mass is 10.1. The lowest BCUT2D eigenvalue weighted by Gasteiger charge is -2.27. The quantitative estimate of drug-likeness (QED) is 0.917. The van der Waals surface area contributed by atoms with E-state index in [0.29, 0.717) is 6.54 Å². The molecule has 0 saturated carbocycles. The van der Waals surface area contributed by atoms with Crippen LogP contribution in [0.25, 0.3) is 0 Å². The fourth-order valence-electron chi connectivity index (χ4n) is 3.06. The SMILES string of the molecule is COc1cccc(C2NC(C)C(=O)N2CC2CCCO2)c1. The van der Waals surface area contributed by atoms with E-state index >= 15 is 0 Å². The fourth-order valence-corrected chi connectivity index (χ4v) is 3.06. The molecule has 0 bridgehead atoms. The molecule has 0 radical (unpaired) electrons. The van der Waals surface area contributed by atoms with Crippen molar-refractivity contribution in [3.05, 3.63) is 29.8 Å². The average Bonchev–Trinajstić information content (AvgIpc) is 3.11. The molecule has 5 heteroatoms. The van der Waals surface area contributed by atoms with Gasteiger partial charge in [0, 0.05) is 13.2 Å². The molecule has 2 saturated heterocycles. The molecule has 1 amide bonds. The molecule has 3 rings (SSSR count). The predicted molar refractivity (Wildman–Crippen MR) is 79.0 cm³/mol. The zero-order chi connectivity index (χ0) is 14.8. The first-order chi connectivity index (χ1) is 10.2. The van der Waals surface area contributed by atoms with Gasteiger partial charge in [0.15, 0.2) is 0 Å². The molecule has 0 aromatic heterocycles. The van der Waals surface area contributed by atoms with Crippen LogP contribution in [0.15, 0.2) is 24.3 Å². The topological polar surface area (TPSA) is 50.8 Å². The van der Waals surface area contributed by atoms with Crippen LogP contribution in [0.2, 0.25) is 0 Å². The average molecular weight is 290 g/mol. The molecule has 2 heterocycles. The van der Waals surface area contributed by atoms with Crippen molar-refractivity contribution < 1.29 is 14.3 Å². The number of benzene rings is 1. The molecule has 5 nitrogen and oxygen atoms in total. The van der Waals surface area contributed by atoms with E-state index < -0.39 is 0 Å². The number of amides is 1. The molecule has 3 unspecified atom stereocenters. The summed E-state index contributed by atoms with van der Waals surface area (Å²) in [5.74, 6) is 0.941. The monoisotopic (exact) mass is 290 g/mol. The maximum Gasteiger partial charge on any atom is 0.241 e. The molecule has 0 aliphatic carbocycles. The van der Waals surface area contributed by atoms with Crippen molar-refractivity contribution in [2.24, 2.45) is 0 Å². The lowest BCUT2D eigenvalue weighted by molar-refractivity contribution is -0.131. The van der Waals surface area contributed by atoms with Crippen LogP contribution in [0.1, 0.15) is 31.5 Å². The third-order valence-corrected chi connectivity index (χ3v) is 4.21. The molecule has 2 aliphatic rings. The summed E-state index contributed by atoms with van der Waals surface area (Å²) in [5.41, 5.74) is 1.05. The molecule has 3 atom stereocenters. The number of carbonyl (C=O) groups excluding carboxylic acids is 1. The molecule has 2 aliphatic heterocycles. The van der Waals surface area contributed by atoms with E-state index in [1.807, 2.05) is 36.1 Å². The first kappa shape index (κ1) is 14.4. The smallest absolute Gasteiger partial charge is 0.241 e. The summed E-state index contributed by atoms with van der Waals surface area (Å²) in [5, 5.41) is 3.36. The summed E-state index contributed by atoms with van der Waals surface area (Å²) in [6, 6.07) is 7.70. The fraction of sp³-hybridized carbons (Fsp3) is 0.562. The Morgan fingerprint density at radius 3 is 3.05 bits per heavy atom. The molecular formula is C16H22N2O3. The van der Waals surface area contributed by atoms with E-state index in [4.69, 9.17) is 9.47 Å². The van der Waals surface area contributed by atoms with Gasteiger partial charge in [-0.05, 0) is 37.5 Å². The van der Waals surface area contributed by atoms with Gasteiger partial charge in [0.1, 0.15) is 11.9 Å². The zero-order valence-electron chi connectivity index (χ0n) is 12.5. The van der Waals surface area contributed by atoms with Gasteiger partial charge in [-0.1, -0.05) is 12.1 Å². The van der Waals surface area contributed by atoms with E-state index in [-0.39, 0.29) is 24.2 Å². The van der Waals surface area contributed by atoms with Crippen molar-refractivity contribution in [3.63, 3.8) is 0 Å². The van der Waals surface area contributed by atoms with Crippen LogP contribution in [0.3, 0.4) is 0 Å². The van der Waals surface area contributed by atoms with Crippen LogP contribution in [0, 0.1) is 0 Å². The number of carbonyl (C=O) groups is 1. The van der Waals surface area contributed by atoms with Gasteiger partial charge in [-0.3, -0.25) is 10.1 Å². The normalized spacial score (nSPS) is 29.1. The summed E-state index contributed by atoms with van der Waals surface area (Å²) in [6.45, 7) is 3.36. The van der Waals surface area contributed by atoms with Crippen molar-refractivity contribution in [2.75, 3.05) is 20.3 Å². The summed E-state index contributed by atoms with van der Waals surface area (Å²) < 4.78 is 11.0. The second-order valence-electron chi connectivity index (χ2n) is 5.69. The highest BCUT2D eigenvalue weighted by molar-refractivity contribution is 5.84. The van der Waals surface area contributed by atoms with Gasteiger partial charge >= 0.3 is 0 Å². The molecule has 1 N–H and O–H groups in total. The van der Waals surface area contributed by atoms with Crippen molar-refractivity contribution >= 4 is 5.91 Å². The Morgan fingerprint density at radius 1 is 1.48 bits per heavy atom. The van der Waals surface area contributed by atoms with Gasteiger partial charge in [0.05, 0.1) is 19.3 Å². The van der Waals surface area contributed by atoms with Crippen molar-refractivity contribution in [3.8, 4) is 5.75 Å².